The van der Waals surface area contributed by atoms with Gasteiger partial charge in [0, 0.05) is 28.9 Å². The van der Waals surface area contributed by atoms with Crippen LogP contribution in [0.5, 0.6) is 0 Å². The number of amides is 1. The number of carbonyl (C=O) groups excluding carboxylic acids is 1. The maximum absolute atomic E-state index is 12.8. The van der Waals surface area contributed by atoms with E-state index in [1.807, 2.05) is 0 Å². The minimum absolute atomic E-state index is 0.0308. The number of nitro groups is 1. The van der Waals surface area contributed by atoms with Crippen LogP contribution < -0.4 is 5.32 Å². The highest BCUT2D eigenvalue weighted by Gasteiger charge is 2.71. The SMILES string of the molecule is O=C(Nc1ccc(C(O)(C(F)(F)F)C(F)(F)F)cc1)c1ccc([N+](=O)[O-])cc1. The molecule has 0 spiro atoms. The fraction of sp³-hybridized carbons (Fsp3) is 0.188. The van der Waals surface area contributed by atoms with Crippen molar-refractivity contribution in [2.24, 2.45) is 0 Å². The topological polar surface area (TPSA) is 92.5 Å². The first kappa shape index (κ1) is 21.2. The summed E-state index contributed by atoms with van der Waals surface area (Å²) >= 11 is 0. The van der Waals surface area contributed by atoms with E-state index in [1.54, 1.807) is 0 Å². The molecule has 0 bridgehead atoms. The summed E-state index contributed by atoms with van der Waals surface area (Å²) in [4.78, 5) is 21.9. The van der Waals surface area contributed by atoms with Crippen molar-refractivity contribution in [3.63, 3.8) is 0 Å². The Morgan fingerprint density at radius 2 is 1.36 bits per heavy atom. The van der Waals surface area contributed by atoms with Gasteiger partial charge in [-0.05, 0) is 24.3 Å². The molecule has 2 N–H and O–H groups in total. The highest BCUT2D eigenvalue weighted by molar-refractivity contribution is 6.04. The molecule has 0 aliphatic carbocycles. The average molecular weight is 408 g/mol. The minimum atomic E-state index is -6.02. The Hall–Kier alpha value is -3.15. The molecule has 1 amide bonds. The first-order valence-corrected chi connectivity index (χ1v) is 7.29. The molecule has 0 aromatic heterocycles. The minimum Gasteiger partial charge on any atom is -0.369 e. The lowest BCUT2D eigenvalue weighted by Gasteiger charge is -2.32. The van der Waals surface area contributed by atoms with Crippen molar-refractivity contribution in [1.82, 2.24) is 0 Å². The third kappa shape index (κ3) is 3.91. The first-order chi connectivity index (χ1) is 12.8. The van der Waals surface area contributed by atoms with Gasteiger partial charge in [-0.3, -0.25) is 14.9 Å². The van der Waals surface area contributed by atoms with Crippen molar-refractivity contribution in [1.29, 1.82) is 0 Å². The van der Waals surface area contributed by atoms with Crippen molar-refractivity contribution in [3.8, 4) is 0 Å². The molecule has 6 nitrogen and oxygen atoms in total. The van der Waals surface area contributed by atoms with Crippen molar-refractivity contribution in [2.75, 3.05) is 5.32 Å². The van der Waals surface area contributed by atoms with E-state index in [9.17, 15) is 46.4 Å². The highest BCUT2D eigenvalue weighted by atomic mass is 19.4. The number of nitro benzene ring substituents is 1. The number of rotatable bonds is 4. The van der Waals surface area contributed by atoms with Crippen molar-refractivity contribution >= 4 is 17.3 Å². The van der Waals surface area contributed by atoms with E-state index in [1.165, 1.54) is 0 Å². The molecule has 2 aromatic carbocycles. The second-order valence-electron chi connectivity index (χ2n) is 5.54. The largest absolute Gasteiger partial charge is 0.430 e. The quantitative estimate of drug-likeness (QED) is 0.452. The summed E-state index contributed by atoms with van der Waals surface area (Å²) in [6, 6.07) is 6.60. The maximum Gasteiger partial charge on any atom is 0.430 e. The standard InChI is InChI=1S/C16H10F6N2O4/c17-15(18,19)14(26,16(20,21)22)10-3-5-11(6-4-10)23-13(25)9-1-7-12(8-2-9)24(27)28/h1-8,26H,(H,23,25). The number of nitrogens with one attached hydrogen (secondary N) is 1. The van der Waals surface area contributed by atoms with Crippen LogP contribution in [0.15, 0.2) is 48.5 Å². The number of alkyl halides is 6. The van der Waals surface area contributed by atoms with Gasteiger partial charge in [0.2, 0.25) is 0 Å². The zero-order valence-electron chi connectivity index (χ0n) is 13.5. The molecule has 2 aromatic rings. The molecule has 0 aliphatic heterocycles. The van der Waals surface area contributed by atoms with Crippen molar-refractivity contribution in [3.05, 3.63) is 69.8 Å². The summed E-state index contributed by atoms with van der Waals surface area (Å²) in [5.74, 6) is -0.801. The van der Waals surface area contributed by atoms with E-state index in [0.29, 0.717) is 12.1 Å². The lowest BCUT2D eigenvalue weighted by atomic mass is 9.92. The van der Waals surface area contributed by atoms with Gasteiger partial charge < -0.3 is 10.4 Å². The molecular formula is C16H10F6N2O4. The van der Waals surface area contributed by atoms with Crippen LogP contribution >= 0.6 is 0 Å². The second-order valence-corrected chi connectivity index (χ2v) is 5.54. The van der Waals surface area contributed by atoms with Crippen LogP contribution in [0.4, 0.5) is 37.7 Å². The molecule has 0 aliphatic rings. The second kappa shape index (κ2) is 7.11. The molecule has 0 atom stereocenters. The van der Waals surface area contributed by atoms with Gasteiger partial charge in [-0.15, -0.1) is 0 Å². The Bertz CT molecular complexity index is 862. The third-order valence-corrected chi connectivity index (χ3v) is 3.72. The van der Waals surface area contributed by atoms with E-state index in [2.05, 4.69) is 5.32 Å². The van der Waals surface area contributed by atoms with Crippen LogP contribution in [0.1, 0.15) is 15.9 Å². The summed E-state index contributed by atoms with van der Waals surface area (Å²) in [7, 11) is 0. The Balaban J connectivity index is 2.24. The van der Waals surface area contributed by atoms with E-state index in [0.717, 1.165) is 36.4 Å². The number of non-ortho nitro benzene ring substituents is 1. The maximum atomic E-state index is 12.8. The molecule has 0 heterocycles. The predicted molar refractivity (Wildman–Crippen MR) is 83.5 cm³/mol. The zero-order chi connectivity index (χ0) is 21.3. The monoisotopic (exact) mass is 408 g/mol. The van der Waals surface area contributed by atoms with Gasteiger partial charge >= 0.3 is 12.4 Å². The van der Waals surface area contributed by atoms with E-state index in [-0.39, 0.29) is 16.9 Å². The molecule has 2 rings (SSSR count). The molecule has 0 unspecified atom stereocenters. The van der Waals surface area contributed by atoms with E-state index >= 15 is 0 Å². The van der Waals surface area contributed by atoms with Gasteiger partial charge in [-0.2, -0.15) is 26.3 Å². The Kier molecular flexibility index (Phi) is 5.37. The van der Waals surface area contributed by atoms with Gasteiger partial charge in [-0.25, -0.2) is 0 Å². The number of nitrogens with zero attached hydrogens (tertiary/aromatic N) is 1. The number of anilines is 1. The highest BCUT2D eigenvalue weighted by Crippen LogP contribution is 2.50. The molecular weight excluding hydrogens is 398 g/mol. The zero-order valence-corrected chi connectivity index (χ0v) is 13.5. The Labute approximate surface area is 152 Å². The fourth-order valence-corrected chi connectivity index (χ4v) is 2.22. The summed E-state index contributed by atoms with van der Waals surface area (Å²) in [6.45, 7) is 0. The summed E-state index contributed by atoms with van der Waals surface area (Å²) in [5, 5.41) is 22.0. The van der Waals surface area contributed by atoms with E-state index in [4.69, 9.17) is 0 Å². The van der Waals surface area contributed by atoms with Crippen LogP contribution in [0.25, 0.3) is 0 Å². The van der Waals surface area contributed by atoms with Crippen LogP contribution in [-0.4, -0.2) is 28.3 Å². The van der Waals surface area contributed by atoms with Gasteiger partial charge in [0.1, 0.15) is 0 Å². The van der Waals surface area contributed by atoms with Crippen molar-refractivity contribution < 1.29 is 41.2 Å². The number of hydrogen-bond donors (Lipinski definition) is 2. The normalized spacial score (nSPS) is 12.5. The average Bonchev–Trinajstić information content (AvgIpc) is 2.59. The van der Waals surface area contributed by atoms with Gasteiger partial charge in [0.25, 0.3) is 17.2 Å². The molecule has 28 heavy (non-hydrogen) atoms. The van der Waals surface area contributed by atoms with Gasteiger partial charge in [0.05, 0.1) is 4.92 Å². The molecule has 0 saturated carbocycles. The Morgan fingerprint density at radius 3 is 1.75 bits per heavy atom. The number of aliphatic hydroxyl groups is 1. The van der Waals surface area contributed by atoms with Crippen molar-refractivity contribution in [2.45, 2.75) is 18.0 Å². The predicted octanol–water partition coefficient (Wildman–Crippen LogP) is 4.16. The summed E-state index contributed by atoms with van der Waals surface area (Å²) in [6.07, 6.45) is -12.0. The van der Waals surface area contributed by atoms with Gasteiger partial charge in [-0.1, -0.05) is 12.1 Å². The van der Waals surface area contributed by atoms with Crippen LogP contribution in [0.2, 0.25) is 0 Å². The molecule has 0 fully saturated rings. The fourth-order valence-electron chi connectivity index (χ4n) is 2.22. The number of carbonyl (C=O) groups is 1. The van der Waals surface area contributed by atoms with Crippen LogP contribution in [0.3, 0.4) is 0 Å². The summed E-state index contributed by atoms with van der Waals surface area (Å²) in [5.41, 5.74) is -7.00. The lowest BCUT2D eigenvalue weighted by Crippen LogP contribution is -2.53. The van der Waals surface area contributed by atoms with Gasteiger partial charge in [0.15, 0.2) is 0 Å². The molecule has 12 heteroatoms. The molecule has 150 valence electrons. The Morgan fingerprint density at radius 1 is 0.893 bits per heavy atom. The summed E-state index contributed by atoms with van der Waals surface area (Å²) < 4.78 is 76.9. The number of halogens is 6. The third-order valence-electron chi connectivity index (χ3n) is 3.72. The first-order valence-electron chi connectivity index (χ1n) is 7.29. The van der Waals surface area contributed by atoms with Crippen LogP contribution in [-0.2, 0) is 5.60 Å². The number of benzene rings is 2. The number of hydrogen-bond acceptors (Lipinski definition) is 4. The molecule has 0 radical (unpaired) electrons. The van der Waals surface area contributed by atoms with E-state index < -0.39 is 34.3 Å². The molecule has 0 saturated heterocycles. The lowest BCUT2D eigenvalue weighted by molar-refractivity contribution is -0.384. The smallest absolute Gasteiger partial charge is 0.369 e. The van der Waals surface area contributed by atoms with Crippen LogP contribution in [0, 0.1) is 10.1 Å².